The molecule has 0 bridgehead atoms. The maximum Gasteiger partial charge on any atom is 0.308 e. The van der Waals surface area contributed by atoms with Crippen LogP contribution in [0.25, 0.3) is 0 Å². The lowest BCUT2D eigenvalue weighted by molar-refractivity contribution is -0.159. The number of esters is 2. The number of allylic oxidation sites excluding steroid dienone is 3. The Balaban J connectivity index is 2.00. The van der Waals surface area contributed by atoms with Crippen LogP contribution in [-0.2, 0) is 19.1 Å². The summed E-state index contributed by atoms with van der Waals surface area (Å²) in [5.41, 5.74) is 0. The molecule has 0 spiro atoms. The Morgan fingerprint density at radius 3 is 2.57 bits per heavy atom. The number of fused-ring (bicyclic) bond motifs is 1. The standard InChI is InChI=1S/C24H38O6/c1-5-15(2)24(28)30-21-8-6-7-17-10-9-16(3)20(23(17)21)12-11-18(25)13-19(26)14-22(27)29-4/h6-7,9-10,15-21,23,25-26H,5,8,11-14H2,1-4H3/t15-,16-,17?,18?,19-,20?,21?,23?/m0/s1. The normalized spacial score (nSPS) is 30.8. The molecule has 0 saturated heterocycles. The Bertz CT molecular complexity index is 627. The van der Waals surface area contributed by atoms with Crippen LogP contribution in [0.5, 0.6) is 0 Å². The number of rotatable bonds is 10. The highest BCUT2D eigenvalue weighted by atomic mass is 16.5. The van der Waals surface area contributed by atoms with Crippen molar-refractivity contribution in [1.82, 2.24) is 0 Å². The first kappa shape index (κ1) is 24.6. The molecule has 0 heterocycles. The quantitative estimate of drug-likeness (QED) is 0.414. The van der Waals surface area contributed by atoms with Crippen molar-refractivity contribution in [2.24, 2.45) is 29.6 Å². The van der Waals surface area contributed by atoms with Crippen LogP contribution in [0.3, 0.4) is 0 Å². The summed E-state index contributed by atoms with van der Waals surface area (Å²) in [6.45, 7) is 6.05. The Kier molecular flexibility index (Phi) is 9.56. The van der Waals surface area contributed by atoms with Gasteiger partial charge in [-0.1, -0.05) is 45.1 Å². The molecule has 2 aliphatic carbocycles. The number of aliphatic hydroxyl groups is 2. The van der Waals surface area contributed by atoms with Gasteiger partial charge in [0.05, 0.1) is 31.7 Å². The lowest BCUT2D eigenvalue weighted by Crippen LogP contribution is -2.43. The second-order valence-electron chi connectivity index (χ2n) is 8.91. The molecule has 2 aliphatic rings. The van der Waals surface area contributed by atoms with E-state index in [1.54, 1.807) is 0 Å². The molecule has 6 heteroatoms. The number of ether oxygens (including phenoxy) is 2. The number of aliphatic hydroxyl groups excluding tert-OH is 2. The smallest absolute Gasteiger partial charge is 0.308 e. The zero-order valence-electron chi connectivity index (χ0n) is 18.7. The Morgan fingerprint density at radius 1 is 1.17 bits per heavy atom. The fourth-order valence-corrected chi connectivity index (χ4v) is 4.64. The van der Waals surface area contributed by atoms with E-state index in [4.69, 9.17) is 4.74 Å². The van der Waals surface area contributed by atoms with Crippen LogP contribution in [0.15, 0.2) is 24.3 Å². The molecular weight excluding hydrogens is 384 g/mol. The van der Waals surface area contributed by atoms with Crippen LogP contribution < -0.4 is 0 Å². The van der Waals surface area contributed by atoms with Crippen molar-refractivity contribution < 1.29 is 29.3 Å². The van der Waals surface area contributed by atoms with Gasteiger partial charge in [-0.3, -0.25) is 9.59 Å². The van der Waals surface area contributed by atoms with E-state index in [0.717, 1.165) is 19.3 Å². The Hall–Kier alpha value is -1.66. The first-order valence-electron chi connectivity index (χ1n) is 11.2. The molecular formula is C24H38O6. The molecule has 0 aliphatic heterocycles. The third kappa shape index (κ3) is 6.67. The largest absolute Gasteiger partial charge is 0.469 e. The lowest BCUT2D eigenvalue weighted by Gasteiger charge is -2.43. The summed E-state index contributed by atoms with van der Waals surface area (Å²) in [5, 5.41) is 20.4. The average Bonchev–Trinajstić information content (AvgIpc) is 2.72. The van der Waals surface area contributed by atoms with Gasteiger partial charge < -0.3 is 19.7 Å². The van der Waals surface area contributed by atoms with Crippen molar-refractivity contribution in [2.45, 2.75) is 77.6 Å². The molecule has 0 aromatic carbocycles. The zero-order valence-corrected chi connectivity index (χ0v) is 18.7. The van der Waals surface area contributed by atoms with Crippen molar-refractivity contribution >= 4 is 11.9 Å². The summed E-state index contributed by atoms with van der Waals surface area (Å²) >= 11 is 0. The van der Waals surface area contributed by atoms with Crippen molar-refractivity contribution in [2.75, 3.05) is 7.11 Å². The van der Waals surface area contributed by atoms with Gasteiger partial charge in [0.1, 0.15) is 6.10 Å². The van der Waals surface area contributed by atoms with Crippen molar-refractivity contribution in [1.29, 1.82) is 0 Å². The Morgan fingerprint density at radius 2 is 1.90 bits per heavy atom. The molecule has 2 N–H and O–H groups in total. The van der Waals surface area contributed by atoms with Crippen LogP contribution in [0.4, 0.5) is 0 Å². The van der Waals surface area contributed by atoms with E-state index < -0.39 is 18.2 Å². The topological polar surface area (TPSA) is 93.1 Å². The molecule has 0 fully saturated rings. The van der Waals surface area contributed by atoms with E-state index in [-0.39, 0.29) is 48.6 Å². The van der Waals surface area contributed by atoms with Gasteiger partial charge in [0, 0.05) is 18.3 Å². The van der Waals surface area contributed by atoms with Gasteiger partial charge >= 0.3 is 11.9 Å². The molecule has 0 aromatic heterocycles. The van der Waals surface area contributed by atoms with E-state index in [1.807, 2.05) is 13.8 Å². The second-order valence-corrected chi connectivity index (χ2v) is 8.91. The van der Waals surface area contributed by atoms with Gasteiger partial charge in [-0.25, -0.2) is 0 Å². The molecule has 0 radical (unpaired) electrons. The number of hydrogen-bond donors (Lipinski definition) is 2. The molecule has 0 amide bonds. The average molecular weight is 423 g/mol. The molecule has 170 valence electrons. The SMILES string of the molecule is CC[C@H](C)C(=O)OC1CC=CC2C=C[C@H](C)C(CCC(O)C[C@H](O)CC(=O)OC)C21. The molecule has 8 atom stereocenters. The minimum atomic E-state index is -0.911. The van der Waals surface area contributed by atoms with Gasteiger partial charge in [0.2, 0.25) is 0 Å². The molecule has 30 heavy (non-hydrogen) atoms. The maximum atomic E-state index is 12.4. The number of methoxy groups -OCH3 is 1. The second kappa shape index (κ2) is 11.7. The van der Waals surface area contributed by atoms with Crippen LogP contribution in [0.2, 0.25) is 0 Å². The molecule has 5 unspecified atom stereocenters. The van der Waals surface area contributed by atoms with Crippen LogP contribution in [0, 0.1) is 29.6 Å². The van der Waals surface area contributed by atoms with Gasteiger partial charge in [-0.05, 0) is 37.5 Å². The fraction of sp³-hybridized carbons (Fsp3) is 0.750. The summed E-state index contributed by atoms with van der Waals surface area (Å²) < 4.78 is 10.5. The summed E-state index contributed by atoms with van der Waals surface area (Å²) in [5.74, 6) is 0.281. The van der Waals surface area contributed by atoms with Crippen LogP contribution >= 0.6 is 0 Å². The van der Waals surface area contributed by atoms with Gasteiger partial charge in [0.25, 0.3) is 0 Å². The van der Waals surface area contributed by atoms with Crippen LogP contribution in [-0.4, -0.2) is 47.6 Å². The Labute approximate surface area is 180 Å². The molecule has 0 aromatic rings. The number of carbonyl (C=O) groups is 2. The third-order valence-electron chi connectivity index (χ3n) is 6.70. The highest BCUT2D eigenvalue weighted by Gasteiger charge is 2.41. The summed E-state index contributed by atoms with van der Waals surface area (Å²) in [7, 11) is 1.28. The van der Waals surface area contributed by atoms with Gasteiger partial charge in [-0.2, -0.15) is 0 Å². The summed E-state index contributed by atoms with van der Waals surface area (Å²) in [6.07, 6.45) is 9.78. The molecule has 6 nitrogen and oxygen atoms in total. The summed E-state index contributed by atoms with van der Waals surface area (Å²) in [4.78, 5) is 23.7. The van der Waals surface area contributed by atoms with E-state index in [2.05, 4.69) is 36.0 Å². The van der Waals surface area contributed by atoms with Crippen molar-refractivity contribution in [3.63, 3.8) is 0 Å². The van der Waals surface area contributed by atoms with E-state index >= 15 is 0 Å². The predicted molar refractivity (Wildman–Crippen MR) is 114 cm³/mol. The molecule has 0 saturated carbocycles. The number of carbonyl (C=O) groups excluding carboxylic acids is 2. The van der Waals surface area contributed by atoms with Crippen LogP contribution in [0.1, 0.15) is 59.3 Å². The van der Waals surface area contributed by atoms with E-state index in [0.29, 0.717) is 12.3 Å². The minimum Gasteiger partial charge on any atom is -0.469 e. The fourth-order valence-electron chi connectivity index (χ4n) is 4.64. The highest BCUT2D eigenvalue weighted by molar-refractivity contribution is 5.72. The van der Waals surface area contributed by atoms with E-state index in [1.165, 1.54) is 7.11 Å². The first-order chi connectivity index (χ1) is 14.3. The summed E-state index contributed by atoms with van der Waals surface area (Å²) in [6, 6.07) is 0. The maximum absolute atomic E-state index is 12.4. The predicted octanol–water partition coefficient (Wildman–Crippen LogP) is 3.41. The van der Waals surface area contributed by atoms with Gasteiger partial charge in [0.15, 0.2) is 0 Å². The monoisotopic (exact) mass is 422 g/mol. The van der Waals surface area contributed by atoms with Crippen molar-refractivity contribution in [3.8, 4) is 0 Å². The first-order valence-corrected chi connectivity index (χ1v) is 11.2. The third-order valence-corrected chi connectivity index (χ3v) is 6.70. The lowest BCUT2D eigenvalue weighted by atomic mass is 9.64. The highest BCUT2D eigenvalue weighted by Crippen LogP contribution is 2.44. The van der Waals surface area contributed by atoms with Gasteiger partial charge in [-0.15, -0.1) is 0 Å². The number of hydrogen-bond acceptors (Lipinski definition) is 6. The minimum absolute atomic E-state index is 0.109. The van der Waals surface area contributed by atoms with E-state index in [9.17, 15) is 19.8 Å². The zero-order chi connectivity index (χ0) is 22.3. The molecule has 2 rings (SSSR count). The van der Waals surface area contributed by atoms with Crippen molar-refractivity contribution in [3.05, 3.63) is 24.3 Å².